The Morgan fingerprint density at radius 1 is 1.37 bits per heavy atom. The van der Waals surface area contributed by atoms with Crippen molar-refractivity contribution in [2.24, 2.45) is 0 Å². The number of likely N-dealkylation sites (N-methyl/N-ethyl adjacent to an activating group) is 1. The summed E-state index contributed by atoms with van der Waals surface area (Å²) in [5, 5.41) is 10.1. The van der Waals surface area contributed by atoms with Gasteiger partial charge in [0.2, 0.25) is 5.91 Å². The number of nitrogens with one attached hydrogen (secondary N) is 2. The third kappa shape index (κ3) is 3.42. The summed E-state index contributed by atoms with van der Waals surface area (Å²) in [5.41, 5.74) is 2.06. The van der Waals surface area contributed by atoms with Crippen molar-refractivity contribution in [2.45, 2.75) is 19.5 Å². The molecule has 2 rings (SSSR count). The van der Waals surface area contributed by atoms with E-state index in [1.165, 1.54) is 0 Å². The second-order valence-electron chi connectivity index (χ2n) is 4.35. The highest BCUT2D eigenvalue weighted by molar-refractivity contribution is 5.80. The normalized spacial score (nSPS) is 12.1. The Labute approximate surface area is 112 Å². The number of para-hydroxylation sites is 1. The van der Waals surface area contributed by atoms with Gasteiger partial charge in [0.15, 0.2) is 0 Å². The van der Waals surface area contributed by atoms with Gasteiger partial charge in [0, 0.05) is 25.4 Å². The lowest BCUT2D eigenvalue weighted by Crippen LogP contribution is -2.40. The van der Waals surface area contributed by atoms with Crippen LogP contribution in [0.4, 0.5) is 0 Å². The lowest BCUT2D eigenvalue weighted by Gasteiger charge is -2.10. The van der Waals surface area contributed by atoms with E-state index in [0.717, 1.165) is 11.3 Å². The van der Waals surface area contributed by atoms with Crippen molar-refractivity contribution < 1.29 is 4.79 Å². The molecule has 0 aliphatic carbocycles. The minimum absolute atomic E-state index is 0.0181. The number of carbonyl (C=O) groups excluding carboxylic acids is 1. The number of rotatable bonds is 5. The van der Waals surface area contributed by atoms with Gasteiger partial charge in [-0.3, -0.25) is 4.79 Å². The Morgan fingerprint density at radius 3 is 2.79 bits per heavy atom. The predicted molar refractivity (Wildman–Crippen MR) is 73.9 cm³/mol. The molecule has 5 heteroatoms. The molecular formula is C14H18N4O. The molecule has 0 radical (unpaired) electrons. The Kier molecular flexibility index (Phi) is 4.30. The molecule has 0 fully saturated rings. The van der Waals surface area contributed by atoms with Crippen LogP contribution in [0.3, 0.4) is 0 Å². The summed E-state index contributed by atoms with van der Waals surface area (Å²) in [4.78, 5) is 11.4. The smallest absolute Gasteiger partial charge is 0.236 e. The van der Waals surface area contributed by atoms with Crippen LogP contribution >= 0.6 is 0 Å². The number of benzene rings is 1. The standard InChI is InChI=1S/C14H18N4O/c1-11(14(19)15-2)16-8-12-9-17-18(10-12)13-6-4-3-5-7-13/h3-7,9-11,16H,8H2,1-2H3,(H,15,19). The van der Waals surface area contributed by atoms with Gasteiger partial charge in [-0.05, 0) is 19.1 Å². The lowest BCUT2D eigenvalue weighted by molar-refractivity contribution is -0.122. The molecule has 1 aromatic heterocycles. The Hall–Kier alpha value is -2.14. The number of nitrogens with zero attached hydrogens (tertiary/aromatic N) is 2. The van der Waals surface area contributed by atoms with E-state index in [2.05, 4.69) is 15.7 Å². The molecule has 2 aromatic rings. The van der Waals surface area contributed by atoms with Crippen LogP contribution in [0.5, 0.6) is 0 Å². The first-order chi connectivity index (χ1) is 9.20. The van der Waals surface area contributed by atoms with Crippen LogP contribution in [0.25, 0.3) is 5.69 Å². The molecule has 0 saturated heterocycles. The minimum atomic E-state index is -0.218. The highest BCUT2D eigenvalue weighted by Gasteiger charge is 2.10. The van der Waals surface area contributed by atoms with Gasteiger partial charge < -0.3 is 10.6 Å². The summed E-state index contributed by atoms with van der Waals surface area (Å²) in [6, 6.07) is 9.70. The molecule has 1 amide bonds. The number of carbonyl (C=O) groups is 1. The van der Waals surface area contributed by atoms with Crippen molar-refractivity contribution in [3.63, 3.8) is 0 Å². The molecule has 0 aliphatic rings. The second kappa shape index (κ2) is 6.15. The van der Waals surface area contributed by atoms with E-state index in [-0.39, 0.29) is 11.9 Å². The van der Waals surface area contributed by atoms with E-state index in [1.807, 2.05) is 48.1 Å². The average molecular weight is 258 g/mol. The molecule has 19 heavy (non-hydrogen) atoms. The number of amides is 1. The monoisotopic (exact) mass is 258 g/mol. The first-order valence-corrected chi connectivity index (χ1v) is 6.24. The molecule has 1 heterocycles. The van der Waals surface area contributed by atoms with Crippen LogP contribution in [0.1, 0.15) is 12.5 Å². The van der Waals surface area contributed by atoms with E-state index < -0.39 is 0 Å². The largest absolute Gasteiger partial charge is 0.358 e. The van der Waals surface area contributed by atoms with Gasteiger partial charge in [-0.1, -0.05) is 18.2 Å². The Bertz CT molecular complexity index is 535. The summed E-state index contributed by atoms with van der Waals surface area (Å²) in [5.74, 6) is -0.0181. The van der Waals surface area contributed by atoms with E-state index >= 15 is 0 Å². The topological polar surface area (TPSA) is 59.0 Å². The summed E-state index contributed by atoms with van der Waals surface area (Å²) in [6.45, 7) is 2.45. The first-order valence-electron chi connectivity index (χ1n) is 6.24. The van der Waals surface area contributed by atoms with Gasteiger partial charge in [-0.15, -0.1) is 0 Å². The van der Waals surface area contributed by atoms with Gasteiger partial charge in [0.05, 0.1) is 17.9 Å². The van der Waals surface area contributed by atoms with Crippen LogP contribution in [-0.4, -0.2) is 28.8 Å². The molecule has 1 atom stereocenters. The summed E-state index contributed by atoms with van der Waals surface area (Å²) in [6.07, 6.45) is 3.76. The molecule has 0 aliphatic heterocycles. The molecule has 2 N–H and O–H groups in total. The molecule has 0 saturated carbocycles. The van der Waals surface area contributed by atoms with Gasteiger partial charge in [-0.2, -0.15) is 5.10 Å². The van der Waals surface area contributed by atoms with Gasteiger partial charge in [0.25, 0.3) is 0 Å². The zero-order valence-corrected chi connectivity index (χ0v) is 11.1. The van der Waals surface area contributed by atoms with Crippen molar-refractivity contribution in [1.29, 1.82) is 0 Å². The van der Waals surface area contributed by atoms with Crippen LogP contribution in [0.15, 0.2) is 42.7 Å². The third-order valence-corrected chi connectivity index (χ3v) is 2.91. The molecule has 0 bridgehead atoms. The van der Waals surface area contributed by atoms with Crippen molar-refractivity contribution in [2.75, 3.05) is 7.05 Å². The molecule has 1 aromatic carbocycles. The fraction of sp³-hybridized carbons (Fsp3) is 0.286. The zero-order valence-electron chi connectivity index (χ0n) is 11.1. The van der Waals surface area contributed by atoms with Crippen molar-refractivity contribution >= 4 is 5.91 Å². The predicted octanol–water partition coefficient (Wildman–Crippen LogP) is 1.10. The summed E-state index contributed by atoms with van der Waals surface area (Å²) in [7, 11) is 1.63. The fourth-order valence-corrected chi connectivity index (χ4v) is 1.75. The highest BCUT2D eigenvalue weighted by atomic mass is 16.2. The third-order valence-electron chi connectivity index (χ3n) is 2.91. The van der Waals surface area contributed by atoms with Gasteiger partial charge in [0.1, 0.15) is 0 Å². The van der Waals surface area contributed by atoms with Gasteiger partial charge >= 0.3 is 0 Å². The number of aromatic nitrogens is 2. The Balaban J connectivity index is 1.97. The van der Waals surface area contributed by atoms with Crippen LogP contribution in [-0.2, 0) is 11.3 Å². The molecule has 5 nitrogen and oxygen atoms in total. The van der Waals surface area contributed by atoms with E-state index in [1.54, 1.807) is 13.2 Å². The number of hydrogen-bond acceptors (Lipinski definition) is 3. The van der Waals surface area contributed by atoms with Gasteiger partial charge in [-0.25, -0.2) is 4.68 Å². The van der Waals surface area contributed by atoms with Crippen LogP contribution < -0.4 is 10.6 Å². The van der Waals surface area contributed by atoms with Crippen molar-refractivity contribution in [1.82, 2.24) is 20.4 Å². The summed E-state index contributed by atoms with van der Waals surface area (Å²) >= 11 is 0. The molecule has 100 valence electrons. The van der Waals surface area contributed by atoms with Crippen LogP contribution in [0, 0.1) is 0 Å². The lowest BCUT2D eigenvalue weighted by atomic mass is 10.3. The van der Waals surface area contributed by atoms with Crippen molar-refractivity contribution in [3.8, 4) is 5.69 Å². The maximum atomic E-state index is 11.4. The second-order valence-corrected chi connectivity index (χ2v) is 4.35. The molecule has 1 unspecified atom stereocenters. The summed E-state index contributed by atoms with van der Waals surface area (Å²) < 4.78 is 1.82. The minimum Gasteiger partial charge on any atom is -0.358 e. The zero-order chi connectivity index (χ0) is 13.7. The van der Waals surface area contributed by atoms with E-state index in [4.69, 9.17) is 0 Å². The SMILES string of the molecule is CNC(=O)C(C)NCc1cnn(-c2ccccc2)c1. The van der Waals surface area contributed by atoms with Crippen molar-refractivity contribution in [3.05, 3.63) is 48.3 Å². The quantitative estimate of drug-likeness (QED) is 0.844. The van der Waals surface area contributed by atoms with Crippen LogP contribution in [0.2, 0.25) is 0 Å². The first kappa shape index (κ1) is 13.3. The molecule has 0 spiro atoms. The molecular weight excluding hydrogens is 240 g/mol. The maximum absolute atomic E-state index is 11.4. The number of hydrogen-bond donors (Lipinski definition) is 2. The fourth-order valence-electron chi connectivity index (χ4n) is 1.75. The maximum Gasteiger partial charge on any atom is 0.236 e. The Morgan fingerprint density at radius 2 is 2.11 bits per heavy atom. The highest BCUT2D eigenvalue weighted by Crippen LogP contribution is 2.07. The van der Waals surface area contributed by atoms with E-state index in [9.17, 15) is 4.79 Å². The average Bonchev–Trinajstić information content (AvgIpc) is 2.93. The van der Waals surface area contributed by atoms with E-state index in [0.29, 0.717) is 6.54 Å².